The van der Waals surface area contributed by atoms with Crippen molar-refractivity contribution in [3.8, 4) is 0 Å². The summed E-state index contributed by atoms with van der Waals surface area (Å²) in [6, 6.07) is 4.71. The highest BCUT2D eigenvalue weighted by Gasteiger charge is 2.22. The molecule has 2 aromatic rings. The molecule has 0 spiro atoms. The van der Waals surface area contributed by atoms with Gasteiger partial charge in [0.05, 0.1) is 0 Å². The summed E-state index contributed by atoms with van der Waals surface area (Å²) in [6.07, 6.45) is 3.11. The number of rotatable bonds is 5. The van der Waals surface area contributed by atoms with E-state index in [-0.39, 0.29) is 17.1 Å². The monoisotopic (exact) mass is 304 g/mol. The number of hydrogen-bond acceptors (Lipinski definition) is 1. The molecule has 0 fully saturated rings. The van der Waals surface area contributed by atoms with E-state index in [1.54, 1.807) is 6.07 Å². The van der Waals surface area contributed by atoms with Gasteiger partial charge < -0.3 is 10.3 Å². The van der Waals surface area contributed by atoms with Crippen LogP contribution in [0.2, 0.25) is 0 Å². The van der Waals surface area contributed by atoms with E-state index in [4.69, 9.17) is 0 Å². The maximum Gasteiger partial charge on any atom is 0.220 e. The van der Waals surface area contributed by atoms with Crippen LogP contribution in [0.4, 0.5) is 4.39 Å². The van der Waals surface area contributed by atoms with Crippen molar-refractivity contribution in [3.63, 3.8) is 0 Å². The first kappa shape index (κ1) is 16.5. The van der Waals surface area contributed by atoms with Gasteiger partial charge in [0, 0.05) is 30.1 Å². The molecule has 0 aliphatic rings. The predicted octanol–water partition coefficient (Wildman–Crippen LogP) is 4.04. The second-order valence-electron chi connectivity index (χ2n) is 7.07. The molecule has 1 atom stereocenters. The lowest BCUT2D eigenvalue weighted by atomic mass is 9.80. The standard InChI is InChI=1S/C18H25FN2O/c1-12(18(2,3)4)9-17(22)20-8-7-13-11-21-16-6-5-14(19)10-15(13)16/h5-6,10-12,21H,7-9H2,1-4H3,(H,20,22). The van der Waals surface area contributed by atoms with Gasteiger partial charge in [0.15, 0.2) is 0 Å². The van der Waals surface area contributed by atoms with Crippen molar-refractivity contribution >= 4 is 16.8 Å². The van der Waals surface area contributed by atoms with Gasteiger partial charge in [0.1, 0.15) is 5.82 Å². The number of H-pyrrole nitrogens is 1. The van der Waals surface area contributed by atoms with E-state index in [0.29, 0.717) is 25.3 Å². The zero-order valence-corrected chi connectivity index (χ0v) is 13.8. The Hall–Kier alpha value is -1.84. The van der Waals surface area contributed by atoms with Crippen LogP contribution in [0.15, 0.2) is 24.4 Å². The summed E-state index contributed by atoms with van der Waals surface area (Å²) < 4.78 is 13.3. The van der Waals surface area contributed by atoms with Crippen LogP contribution in [0.3, 0.4) is 0 Å². The molecule has 0 saturated carbocycles. The Morgan fingerprint density at radius 2 is 2.09 bits per heavy atom. The molecule has 0 radical (unpaired) electrons. The highest BCUT2D eigenvalue weighted by molar-refractivity contribution is 5.83. The van der Waals surface area contributed by atoms with Crippen LogP contribution in [0.25, 0.3) is 10.9 Å². The maximum absolute atomic E-state index is 13.3. The van der Waals surface area contributed by atoms with E-state index in [0.717, 1.165) is 16.5 Å². The fourth-order valence-electron chi connectivity index (χ4n) is 2.35. The molecule has 0 aliphatic heterocycles. The lowest BCUT2D eigenvalue weighted by molar-refractivity contribution is -0.122. The number of amides is 1. The van der Waals surface area contributed by atoms with Crippen LogP contribution in [-0.4, -0.2) is 17.4 Å². The lowest BCUT2D eigenvalue weighted by Gasteiger charge is -2.26. The Balaban J connectivity index is 1.88. The van der Waals surface area contributed by atoms with Gasteiger partial charge in [-0.3, -0.25) is 4.79 Å². The topological polar surface area (TPSA) is 44.9 Å². The van der Waals surface area contributed by atoms with Crippen molar-refractivity contribution in [1.29, 1.82) is 0 Å². The number of carbonyl (C=O) groups excluding carboxylic acids is 1. The number of carbonyl (C=O) groups is 1. The van der Waals surface area contributed by atoms with Gasteiger partial charge in [-0.2, -0.15) is 0 Å². The van der Waals surface area contributed by atoms with Gasteiger partial charge in [0.25, 0.3) is 0 Å². The minimum atomic E-state index is -0.239. The number of halogens is 1. The zero-order chi connectivity index (χ0) is 16.3. The first-order chi connectivity index (χ1) is 10.3. The smallest absolute Gasteiger partial charge is 0.220 e. The van der Waals surface area contributed by atoms with Gasteiger partial charge in [-0.15, -0.1) is 0 Å². The second-order valence-corrected chi connectivity index (χ2v) is 7.07. The molecule has 3 nitrogen and oxygen atoms in total. The Morgan fingerprint density at radius 1 is 1.36 bits per heavy atom. The van der Waals surface area contributed by atoms with E-state index in [1.165, 1.54) is 12.1 Å². The Bertz CT molecular complexity index is 655. The summed E-state index contributed by atoms with van der Waals surface area (Å²) in [5, 5.41) is 3.84. The third-order valence-electron chi connectivity index (χ3n) is 4.42. The highest BCUT2D eigenvalue weighted by atomic mass is 19.1. The molecule has 0 aliphatic carbocycles. The quantitative estimate of drug-likeness (QED) is 0.860. The molecule has 1 aromatic carbocycles. The molecule has 22 heavy (non-hydrogen) atoms. The Labute approximate surface area is 131 Å². The summed E-state index contributed by atoms with van der Waals surface area (Å²) in [5.41, 5.74) is 2.08. The average Bonchev–Trinajstić information content (AvgIpc) is 2.80. The predicted molar refractivity (Wildman–Crippen MR) is 88.2 cm³/mol. The largest absolute Gasteiger partial charge is 0.361 e. The Morgan fingerprint density at radius 3 is 2.77 bits per heavy atom. The van der Waals surface area contributed by atoms with Crippen LogP contribution in [0, 0.1) is 17.2 Å². The van der Waals surface area contributed by atoms with Crippen LogP contribution < -0.4 is 5.32 Å². The molecule has 1 aromatic heterocycles. The van der Waals surface area contributed by atoms with Crippen LogP contribution in [0.1, 0.15) is 39.7 Å². The summed E-state index contributed by atoms with van der Waals surface area (Å²) in [5.74, 6) is 0.166. The SMILES string of the molecule is CC(CC(=O)NCCc1c[nH]c2ccc(F)cc12)C(C)(C)C. The molecule has 120 valence electrons. The minimum absolute atomic E-state index is 0.0773. The van der Waals surface area contributed by atoms with Gasteiger partial charge >= 0.3 is 0 Å². The molecule has 2 rings (SSSR count). The molecule has 1 heterocycles. The Kier molecular flexibility index (Phi) is 4.89. The third kappa shape index (κ3) is 4.09. The van der Waals surface area contributed by atoms with E-state index in [2.05, 4.69) is 38.0 Å². The normalized spacial score (nSPS) is 13.3. The van der Waals surface area contributed by atoms with E-state index in [9.17, 15) is 9.18 Å². The molecule has 0 bridgehead atoms. The summed E-state index contributed by atoms with van der Waals surface area (Å²) in [4.78, 5) is 15.1. The summed E-state index contributed by atoms with van der Waals surface area (Å²) in [7, 11) is 0. The first-order valence-corrected chi connectivity index (χ1v) is 7.79. The van der Waals surface area contributed by atoms with Crippen molar-refractivity contribution in [1.82, 2.24) is 10.3 Å². The van der Waals surface area contributed by atoms with Crippen molar-refractivity contribution in [2.24, 2.45) is 11.3 Å². The number of aromatic nitrogens is 1. The van der Waals surface area contributed by atoms with E-state index >= 15 is 0 Å². The van der Waals surface area contributed by atoms with E-state index < -0.39 is 0 Å². The highest BCUT2D eigenvalue weighted by Crippen LogP contribution is 2.27. The molecule has 2 N–H and O–H groups in total. The van der Waals surface area contributed by atoms with Crippen molar-refractivity contribution in [3.05, 3.63) is 35.8 Å². The van der Waals surface area contributed by atoms with Gasteiger partial charge in [-0.05, 0) is 41.5 Å². The molecule has 0 saturated heterocycles. The molecule has 4 heteroatoms. The first-order valence-electron chi connectivity index (χ1n) is 7.79. The van der Waals surface area contributed by atoms with Crippen LogP contribution >= 0.6 is 0 Å². The summed E-state index contributed by atoms with van der Waals surface area (Å²) in [6.45, 7) is 9.10. The van der Waals surface area contributed by atoms with Gasteiger partial charge in [-0.25, -0.2) is 4.39 Å². The van der Waals surface area contributed by atoms with Crippen molar-refractivity contribution in [2.75, 3.05) is 6.54 Å². The minimum Gasteiger partial charge on any atom is -0.361 e. The van der Waals surface area contributed by atoms with Crippen LogP contribution in [-0.2, 0) is 11.2 Å². The second kappa shape index (κ2) is 6.51. The fraction of sp³-hybridized carbons (Fsp3) is 0.500. The third-order valence-corrected chi connectivity index (χ3v) is 4.42. The van der Waals surface area contributed by atoms with Crippen molar-refractivity contribution in [2.45, 2.75) is 40.5 Å². The van der Waals surface area contributed by atoms with Crippen molar-refractivity contribution < 1.29 is 9.18 Å². The number of fused-ring (bicyclic) bond motifs is 1. The maximum atomic E-state index is 13.3. The van der Waals surface area contributed by atoms with Crippen LogP contribution in [0.5, 0.6) is 0 Å². The number of hydrogen-bond donors (Lipinski definition) is 2. The van der Waals surface area contributed by atoms with E-state index in [1.807, 2.05) is 6.20 Å². The summed E-state index contributed by atoms with van der Waals surface area (Å²) >= 11 is 0. The van der Waals surface area contributed by atoms with Gasteiger partial charge in [-0.1, -0.05) is 27.7 Å². The molecular weight excluding hydrogens is 279 g/mol. The molecule has 1 unspecified atom stereocenters. The number of nitrogens with one attached hydrogen (secondary N) is 2. The molecule has 1 amide bonds. The molecular formula is C18H25FN2O. The zero-order valence-electron chi connectivity index (χ0n) is 13.8. The number of benzene rings is 1. The average molecular weight is 304 g/mol. The lowest BCUT2D eigenvalue weighted by Crippen LogP contribution is -2.30. The fourth-order valence-corrected chi connectivity index (χ4v) is 2.35. The number of aromatic amines is 1. The van der Waals surface area contributed by atoms with Gasteiger partial charge in [0.2, 0.25) is 5.91 Å².